The fraction of sp³-hybridized carbons (Fsp3) is 0.0500. The molecule has 0 aliphatic heterocycles. The van der Waals surface area contributed by atoms with E-state index in [1.807, 2.05) is 12.1 Å². The van der Waals surface area contributed by atoms with Gasteiger partial charge in [0.15, 0.2) is 0 Å². The van der Waals surface area contributed by atoms with Gasteiger partial charge in [0.25, 0.3) is 5.91 Å². The average molecular weight is 407 g/mol. The summed E-state index contributed by atoms with van der Waals surface area (Å²) in [6.45, 7) is 0.319. The molecule has 0 unspecified atom stereocenters. The molecule has 3 nitrogen and oxygen atoms in total. The number of nitrogens with one attached hydrogen (secondary N) is 1. The highest BCUT2D eigenvalue weighted by Gasteiger charge is 2.14. The molecular formula is C20H14Cl3NO2. The Morgan fingerprint density at radius 1 is 0.885 bits per heavy atom. The van der Waals surface area contributed by atoms with Crippen molar-refractivity contribution < 1.29 is 9.53 Å². The first-order valence-electron chi connectivity index (χ1n) is 7.76. The first kappa shape index (κ1) is 18.6. The number of para-hydroxylation sites is 1. The second-order valence-electron chi connectivity index (χ2n) is 5.47. The molecule has 0 heterocycles. The third kappa shape index (κ3) is 4.50. The number of halogens is 3. The van der Waals surface area contributed by atoms with Crippen molar-refractivity contribution in [1.82, 2.24) is 0 Å². The van der Waals surface area contributed by atoms with Crippen LogP contribution in [0.1, 0.15) is 15.9 Å². The third-order valence-corrected chi connectivity index (χ3v) is 4.71. The Balaban J connectivity index is 1.76. The third-order valence-electron chi connectivity index (χ3n) is 3.64. The Labute approximate surface area is 166 Å². The van der Waals surface area contributed by atoms with E-state index in [2.05, 4.69) is 5.32 Å². The number of hydrogen-bond donors (Lipinski definition) is 1. The number of anilines is 1. The van der Waals surface area contributed by atoms with Gasteiger partial charge >= 0.3 is 0 Å². The number of rotatable bonds is 5. The molecule has 0 saturated heterocycles. The van der Waals surface area contributed by atoms with E-state index in [0.29, 0.717) is 38.7 Å². The van der Waals surface area contributed by atoms with Gasteiger partial charge in [-0.25, -0.2) is 0 Å². The lowest BCUT2D eigenvalue weighted by Gasteiger charge is -2.13. The summed E-state index contributed by atoms with van der Waals surface area (Å²) in [5.74, 6) is 0.138. The maximum absolute atomic E-state index is 12.6. The second-order valence-corrected chi connectivity index (χ2v) is 6.69. The number of carbonyl (C=O) groups is 1. The summed E-state index contributed by atoms with van der Waals surface area (Å²) in [6.07, 6.45) is 0. The van der Waals surface area contributed by atoms with Crippen molar-refractivity contribution in [2.75, 3.05) is 5.32 Å². The normalized spacial score (nSPS) is 10.4. The lowest BCUT2D eigenvalue weighted by atomic mass is 10.1. The van der Waals surface area contributed by atoms with E-state index in [1.54, 1.807) is 54.6 Å². The van der Waals surface area contributed by atoms with Crippen molar-refractivity contribution in [2.45, 2.75) is 6.61 Å². The highest BCUT2D eigenvalue weighted by molar-refractivity contribution is 6.44. The zero-order valence-electron chi connectivity index (χ0n) is 13.5. The van der Waals surface area contributed by atoms with Gasteiger partial charge in [-0.05, 0) is 42.0 Å². The lowest BCUT2D eigenvalue weighted by molar-refractivity contribution is 0.102. The van der Waals surface area contributed by atoms with Gasteiger partial charge in [-0.1, -0.05) is 65.1 Å². The molecule has 26 heavy (non-hydrogen) atoms. The smallest absolute Gasteiger partial charge is 0.259 e. The zero-order valence-corrected chi connectivity index (χ0v) is 15.8. The van der Waals surface area contributed by atoms with Gasteiger partial charge in [-0.15, -0.1) is 0 Å². The van der Waals surface area contributed by atoms with Gasteiger partial charge in [0.05, 0.1) is 21.3 Å². The Kier molecular flexibility index (Phi) is 6.04. The van der Waals surface area contributed by atoms with Crippen molar-refractivity contribution in [3.8, 4) is 5.75 Å². The molecule has 3 rings (SSSR count). The lowest BCUT2D eigenvalue weighted by Crippen LogP contribution is -2.14. The van der Waals surface area contributed by atoms with E-state index < -0.39 is 0 Å². The van der Waals surface area contributed by atoms with Crippen LogP contribution in [0.25, 0.3) is 0 Å². The summed E-state index contributed by atoms with van der Waals surface area (Å²) >= 11 is 18.0. The molecule has 0 radical (unpaired) electrons. The standard InChI is InChI=1S/C20H14Cl3NO2/c21-14-10-8-13(9-11-14)12-26-18-7-2-1-4-15(18)20(25)24-17-6-3-5-16(22)19(17)23/h1-11H,12H2,(H,24,25). The summed E-state index contributed by atoms with van der Waals surface area (Å²) in [4.78, 5) is 12.6. The van der Waals surface area contributed by atoms with Crippen LogP contribution in [-0.2, 0) is 6.61 Å². The Morgan fingerprint density at radius 3 is 2.38 bits per heavy atom. The van der Waals surface area contributed by atoms with E-state index in [4.69, 9.17) is 39.5 Å². The highest BCUT2D eigenvalue weighted by Crippen LogP contribution is 2.30. The van der Waals surface area contributed by atoms with E-state index in [9.17, 15) is 4.79 Å². The topological polar surface area (TPSA) is 38.3 Å². The molecule has 132 valence electrons. The monoisotopic (exact) mass is 405 g/mol. The maximum Gasteiger partial charge on any atom is 0.259 e. The van der Waals surface area contributed by atoms with Gasteiger partial charge in [-0.3, -0.25) is 4.79 Å². The minimum atomic E-state index is -0.333. The second kappa shape index (κ2) is 8.45. The summed E-state index contributed by atoms with van der Waals surface area (Å²) in [6, 6.07) is 19.4. The molecule has 0 fully saturated rings. The van der Waals surface area contributed by atoms with Crippen LogP contribution in [0.2, 0.25) is 15.1 Å². The van der Waals surface area contributed by atoms with E-state index in [-0.39, 0.29) is 5.91 Å². The Hall–Kier alpha value is -2.20. The number of hydrogen-bond acceptors (Lipinski definition) is 2. The van der Waals surface area contributed by atoms with E-state index in [1.165, 1.54) is 0 Å². The number of amides is 1. The van der Waals surface area contributed by atoms with Crippen molar-refractivity contribution in [1.29, 1.82) is 0 Å². The van der Waals surface area contributed by atoms with Gasteiger partial charge in [0.2, 0.25) is 0 Å². The van der Waals surface area contributed by atoms with Gasteiger partial charge in [0.1, 0.15) is 12.4 Å². The molecule has 0 aliphatic rings. The zero-order chi connectivity index (χ0) is 18.5. The van der Waals surface area contributed by atoms with Crippen LogP contribution in [0, 0.1) is 0 Å². The molecule has 0 aromatic heterocycles. The first-order valence-corrected chi connectivity index (χ1v) is 8.89. The molecule has 0 bridgehead atoms. The number of carbonyl (C=O) groups excluding carboxylic acids is 1. The van der Waals surface area contributed by atoms with Crippen LogP contribution < -0.4 is 10.1 Å². The summed E-state index contributed by atoms with van der Waals surface area (Å²) in [5, 5.41) is 4.09. The average Bonchev–Trinajstić information content (AvgIpc) is 2.65. The van der Waals surface area contributed by atoms with Crippen LogP contribution in [-0.4, -0.2) is 5.91 Å². The molecular weight excluding hydrogens is 393 g/mol. The molecule has 0 saturated carbocycles. The van der Waals surface area contributed by atoms with Crippen LogP contribution in [0.4, 0.5) is 5.69 Å². The summed E-state index contributed by atoms with van der Waals surface area (Å²) in [5.41, 5.74) is 1.79. The van der Waals surface area contributed by atoms with E-state index >= 15 is 0 Å². The molecule has 0 spiro atoms. The SMILES string of the molecule is O=C(Nc1cccc(Cl)c1Cl)c1ccccc1OCc1ccc(Cl)cc1. The molecule has 3 aromatic rings. The van der Waals surface area contributed by atoms with Crippen LogP contribution in [0.5, 0.6) is 5.75 Å². The fourth-order valence-corrected chi connectivity index (χ4v) is 2.79. The molecule has 0 atom stereocenters. The predicted octanol–water partition coefficient (Wildman–Crippen LogP) is 6.48. The molecule has 6 heteroatoms. The molecule has 0 aliphatic carbocycles. The molecule has 1 N–H and O–H groups in total. The van der Waals surface area contributed by atoms with Gasteiger partial charge in [0, 0.05) is 5.02 Å². The Bertz CT molecular complexity index is 927. The molecule has 1 amide bonds. The number of benzene rings is 3. The minimum absolute atomic E-state index is 0.294. The maximum atomic E-state index is 12.6. The van der Waals surface area contributed by atoms with Gasteiger partial charge < -0.3 is 10.1 Å². The predicted molar refractivity (Wildman–Crippen MR) is 107 cm³/mol. The summed E-state index contributed by atoms with van der Waals surface area (Å²) < 4.78 is 5.81. The van der Waals surface area contributed by atoms with Gasteiger partial charge in [-0.2, -0.15) is 0 Å². The Morgan fingerprint density at radius 2 is 1.62 bits per heavy atom. The largest absolute Gasteiger partial charge is 0.488 e. The molecule has 3 aromatic carbocycles. The van der Waals surface area contributed by atoms with E-state index in [0.717, 1.165) is 5.56 Å². The van der Waals surface area contributed by atoms with Crippen molar-refractivity contribution in [2.24, 2.45) is 0 Å². The highest BCUT2D eigenvalue weighted by atomic mass is 35.5. The minimum Gasteiger partial charge on any atom is -0.488 e. The quantitative estimate of drug-likeness (QED) is 0.526. The fourth-order valence-electron chi connectivity index (χ4n) is 2.31. The van der Waals surface area contributed by atoms with Crippen molar-refractivity contribution in [3.05, 3.63) is 92.9 Å². The summed E-state index contributed by atoms with van der Waals surface area (Å²) in [7, 11) is 0. The first-order chi connectivity index (χ1) is 12.5. The van der Waals surface area contributed by atoms with Crippen molar-refractivity contribution in [3.63, 3.8) is 0 Å². The number of ether oxygens (including phenoxy) is 1. The van der Waals surface area contributed by atoms with Crippen LogP contribution >= 0.6 is 34.8 Å². The van der Waals surface area contributed by atoms with Crippen LogP contribution in [0.15, 0.2) is 66.7 Å². The van der Waals surface area contributed by atoms with Crippen molar-refractivity contribution >= 4 is 46.4 Å². The van der Waals surface area contributed by atoms with Crippen LogP contribution in [0.3, 0.4) is 0 Å².